The number of likely N-dealkylation sites (tertiary alicyclic amines) is 1. The second-order valence-electron chi connectivity index (χ2n) is 5.83. The Kier molecular flexibility index (Phi) is 4.61. The molecule has 1 saturated carbocycles. The quantitative estimate of drug-likeness (QED) is 0.781. The normalized spacial score (nSPS) is 22.1. The van der Waals surface area contributed by atoms with Crippen LogP contribution >= 0.6 is 11.6 Å². The maximum atomic E-state index is 12.2. The molecule has 0 bridgehead atoms. The topological polar surface area (TPSA) is 29.5 Å². The van der Waals surface area contributed by atoms with E-state index in [1.807, 2.05) is 29.2 Å². The van der Waals surface area contributed by atoms with Crippen molar-refractivity contribution >= 4 is 23.6 Å². The van der Waals surface area contributed by atoms with E-state index >= 15 is 0 Å². The molecule has 1 saturated heterocycles. The Morgan fingerprint density at radius 2 is 2.14 bits per heavy atom. The van der Waals surface area contributed by atoms with Crippen molar-refractivity contribution in [2.45, 2.75) is 25.4 Å². The van der Waals surface area contributed by atoms with Crippen LogP contribution in [0.25, 0.3) is 6.08 Å². The van der Waals surface area contributed by atoms with E-state index in [1.54, 1.807) is 12.2 Å². The molecule has 0 N–H and O–H groups in total. The van der Waals surface area contributed by atoms with Crippen molar-refractivity contribution in [1.29, 1.82) is 0 Å². The van der Waals surface area contributed by atoms with Crippen molar-refractivity contribution in [2.24, 2.45) is 5.92 Å². The molecule has 0 radical (unpaired) electrons. The minimum absolute atomic E-state index is 0.0347. The van der Waals surface area contributed by atoms with Gasteiger partial charge in [0.2, 0.25) is 5.91 Å². The summed E-state index contributed by atoms with van der Waals surface area (Å²) in [6, 6.07) is 7.51. The van der Waals surface area contributed by atoms with Crippen molar-refractivity contribution in [1.82, 2.24) is 4.90 Å². The summed E-state index contributed by atoms with van der Waals surface area (Å²) in [7, 11) is 0. The molecule has 1 heterocycles. The van der Waals surface area contributed by atoms with Crippen LogP contribution in [0.3, 0.4) is 0 Å². The molecule has 1 aliphatic carbocycles. The van der Waals surface area contributed by atoms with E-state index in [0.29, 0.717) is 11.6 Å². The molecule has 1 aliphatic heterocycles. The van der Waals surface area contributed by atoms with Gasteiger partial charge in [-0.25, -0.2) is 0 Å². The zero-order valence-corrected chi connectivity index (χ0v) is 12.8. The summed E-state index contributed by atoms with van der Waals surface area (Å²) < 4.78 is 5.85. The van der Waals surface area contributed by atoms with E-state index in [1.165, 1.54) is 12.8 Å². The smallest absolute Gasteiger partial charge is 0.246 e. The molecule has 1 aromatic rings. The fourth-order valence-corrected chi connectivity index (χ4v) is 2.70. The Morgan fingerprint density at radius 3 is 2.90 bits per heavy atom. The van der Waals surface area contributed by atoms with Gasteiger partial charge >= 0.3 is 0 Å². The first kappa shape index (κ1) is 14.6. The van der Waals surface area contributed by atoms with Crippen molar-refractivity contribution in [3.63, 3.8) is 0 Å². The van der Waals surface area contributed by atoms with Crippen molar-refractivity contribution in [3.05, 3.63) is 40.9 Å². The Hall–Kier alpha value is -1.32. The number of benzene rings is 1. The first-order valence-corrected chi connectivity index (χ1v) is 7.93. The molecular weight excluding hydrogens is 286 g/mol. The van der Waals surface area contributed by atoms with Crippen LogP contribution in [0.1, 0.15) is 24.8 Å². The average molecular weight is 306 g/mol. The van der Waals surface area contributed by atoms with Crippen molar-refractivity contribution < 1.29 is 9.53 Å². The minimum atomic E-state index is 0.0347. The van der Waals surface area contributed by atoms with E-state index < -0.39 is 0 Å². The first-order chi connectivity index (χ1) is 10.2. The highest BCUT2D eigenvalue weighted by molar-refractivity contribution is 6.32. The van der Waals surface area contributed by atoms with Crippen LogP contribution in [-0.2, 0) is 9.53 Å². The third-order valence-electron chi connectivity index (χ3n) is 4.03. The highest BCUT2D eigenvalue weighted by Gasteiger charge is 2.28. The molecule has 1 amide bonds. The fourth-order valence-electron chi connectivity index (χ4n) is 2.50. The molecular formula is C17H20ClNO2. The summed E-state index contributed by atoms with van der Waals surface area (Å²) in [5.41, 5.74) is 0.869. The van der Waals surface area contributed by atoms with Gasteiger partial charge in [0.05, 0.1) is 6.10 Å². The van der Waals surface area contributed by atoms with Crippen molar-refractivity contribution in [3.8, 4) is 0 Å². The SMILES string of the molecule is O=C(/C=C/c1ccccc1Cl)N1CCC(OCC2CC2)C1. The van der Waals surface area contributed by atoms with Crippen LogP contribution < -0.4 is 0 Å². The highest BCUT2D eigenvalue weighted by atomic mass is 35.5. The van der Waals surface area contributed by atoms with E-state index in [4.69, 9.17) is 16.3 Å². The second kappa shape index (κ2) is 6.63. The molecule has 112 valence electrons. The number of rotatable bonds is 5. The van der Waals surface area contributed by atoms with Crippen LogP contribution in [-0.4, -0.2) is 36.6 Å². The molecule has 0 spiro atoms. The van der Waals surface area contributed by atoms with E-state index in [-0.39, 0.29) is 12.0 Å². The summed E-state index contributed by atoms with van der Waals surface area (Å²) in [6.07, 6.45) is 7.14. The second-order valence-corrected chi connectivity index (χ2v) is 6.23. The minimum Gasteiger partial charge on any atom is -0.376 e. The predicted octanol–water partition coefficient (Wildman–Crippen LogP) is 3.38. The molecule has 21 heavy (non-hydrogen) atoms. The largest absolute Gasteiger partial charge is 0.376 e. The van der Waals surface area contributed by atoms with Crippen molar-refractivity contribution in [2.75, 3.05) is 19.7 Å². The zero-order valence-electron chi connectivity index (χ0n) is 12.0. The standard InChI is InChI=1S/C17H20ClNO2/c18-16-4-2-1-3-14(16)7-8-17(20)19-10-9-15(11-19)21-12-13-5-6-13/h1-4,7-8,13,15H,5-6,9-12H2/b8-7+. The lowest BCUT2D eigenvalue weighted by Gasteiger charge is -2.14. The van der Waals surface area contributed by atoms with Crippen LogP contribution in [0, 0.1) is 5.92 Å². The monoisotopic (exact) mass is 305 g/mol. The van der Waals surface area contributed by atoms with Gasteiger partial charge in [-0.3, -0.25) is 4.79 Å². The van der Waals surface area contributed by atoms with E-state index in [2.05, 4.69) is 0 Å². The number of nitrogens with zero attached hydrogens (tertiary/aromatic N) is 1. The molecule has 1 aromatic carbocycles. The lowest BCUT2D eigenvalue weighted by molar-refractivity contribution is -0.125. The number of carbonyl (C=O) groups is 1. The molecule has 2 aliphatic rings. The van der Waals surface area contributed by atoms with Crippen LogP contribution in [0.2, 0.25) is 5.02 Å². The van der Waals surface area contributed by atoms with Gasteiger partial charge in [-0.15, -0.1) is 0 Å². The fraction of sp³-hybridized carbons (Fsp3) is 0.471. The van der Waals surface area contributed by atoms with Crippen LogP contribution in [0.5, 0.6) is 0 Å². The lowest BCUT2D eigenvalue weighted by atomic mass is 10.2. The van der Waals surface area contributed by atoms with Gasteiger partial charge < -0.3 is 9.64 Å². The summed E-state index contributed by atoms with van der Waals surface area (Å²) in [6.45, 7) is 2.35. The maximum Gasteiger partial charge on any atom is 0.246 e. The maximum absolute atomic E-state index is 12.2. The van der Waals surface area contributed by atoms with Crippen LogP contribution in [0.15, 0.2) is 30.3 Å². The van der Waals surface area contributed by atoms with E-state index in [0.717, 1.165) is 31.1 Å². The molecule has 1 atom stereocenters. The Bertz CT molecular complexity index is 539. The van der Waals surface area contributed by atoms with Gasteiger partial charge in [0.1, 0.15) is 0 Å². The molecule has 3 rings (SSSR count). The molecule has 2 fully saturated rings. The number of ether oxygens (including phenoxy) is 1. The number of carbonyl (C=O) groups excluding carboxylic acids is 1. The average Bonchev–Trinajstić information content (AvgIpc) is 3.20. The lowest BCUT2D eigenvalue weighted by Crippen LogP contribution is -2.28. The Balaban J connectivity index is 1.50. The molecule has 4 heteroatoms. The predicted molar refractivity (Wildman–Crippen MR) is 84.1 cm³/mol. The van der Waals surface area contributed by atoms with Gasteiger partial charge in [0.25, 0.3) is 0 Å². The Labute approximate surface area is 130 Å². The third-order valence-corrected chi connectivity index (χ3v) is 4.38. The number of halogens is 1. The van der Waals surface area contributed by atoms with Crippen LogP contribution in [0.4, 0.5) is 0 Å². The number of hydrogen-bond donors (Lipinski definition) is 0. The van der Waals surface area contributed by atoms with E-state index in [9.17, 15) is 4.79 Å². The molecule has 3 nitrogen and oxygen atoms in total. The summed E-state index contributed by atoms with van der Waals surface area (Å²) in [5.74, 6) is 0.808. The number of amides is 1. The zero-order chi connectivity index (χ0) is 14.7. The van der Waals surface area contributed by atoms with Gasteiger partial charge in [0, 0.05) is 30.8 Å². The first-order valence-electron chi connectivity index (χ1n) is 7.55. The van der Waals surface area contributed by atoms with Gasteiger partial charge in [-0.2, -0.15) is 0 Å². The highest BCUT2D eigenvalue weighted by Crippen LogP contribution is 2.30. The third kappa shape index (κ3) is 4.08. The summed E-state index contributed by atoms with van der Waals surface area (Å²) >= 11 is 6.07. The summed E-state index contributed by atoms with van der Waals surface area (Å²) in [5, 5.41) is 0.661. The summed E-state index contributed by atoms with van der Waals surface area (Å²) in [4.78, 5) is 14.0. The van der Waals surface area contributed by atoms with Gasteiger partial charge in [-0.05, 0) is 42.9 Å². The molecule has 0 aromatic heterocycles. The molecule has 1 unspecified atom stereocenters. The Morgan fingerprint density at radius 1 is 1.33 bits per heavy atom. The van der Waals surface area contributed by atoms with Gasteiger partial charge in [0.15, 0.2) is 0 Å². The van der Waals surface area contributed by atoms with Gasteiger partial charge in [-0.1, -0.05) is 29.8 Å². The number of hydrogen-bond acceptors (Lipinski definition) is 2.